The zero-order chi connectivity index (χ0) is 37.7. The second kappa shape index (κ2) is 17.0. The monoisotopic (exact) mass is 706 g/mol. The Kier molecular flexibility index (Phi) is 14.1. The molecule has 0 spiro atoms. The highest BCUT2D eigenvalue weighted by Gasteiger charge is 2.74. The highest BCUT2D eigenvalue weighted by atomic mass is 16.6. The Balaban J connectivity index is 2.42. The zero-order valence-electron chi connectivity index (χ0n) is 32.1. The molecule has 0 saturated heterocycles. The summed E-state index contributed by atoms with van der Waals surface area (Å²) in [6.45, 7) is 20.2. The molecule has 3 aliphatic carbocycles. The van der Waals surface area contributed by atoms with Gasteiger partial charge in [-0.2, -0.15) is 0 Å². The van der Waals surface area contributed by atoms with Crippen molar-refractivity contribution in [1.82, 2.24) is 0 Å². The first-order chi connectivity index (χ1) is 23.4. The molecule has 12 atom stereocenters. The van der Waals surface area contributed by atoms with Crippen molar-refractivity contribution in [2.24, 2.45) is 40.4 Å². The van der Waals surface area contributed by atoms with Gasteiger partial charge in [-0.25, -0.2) is 0 Å². The molecule has 0 heterocycles. The molecule has 11 heteroatoms. The predicted molar refractivity (Wildman–Crippen MR) is 185 cm³/mol. The molecule has 1 N–H and O–H groups in total. The van der Waals surface area contributed by atoms with Crippen LogP contribution in [0.5, 0.6) is 0 Å². The Morgan fingerprint density at radius 2 is 1.32 bits per heavy atom. The van der Waals surface area contributed by atoms with Crippen LogP contribution in [0.25, 0.3) is 0 Å². The lowest BCUT2D eigenvalue weighted by atomic mass is 9.49. The third-order valence-corrected chi connectivity index (χ3v) is 11.6. The zero-order valence-corrected chi connectivity index (χ0v) is 32.1. The lowest BCUT2D eigenvalue weighted by molar-refractivity contribution is -0.226. The normalized spacial score (nSPS) is 35.5. The fourth-order valence-corrected chi connectivity index (χ4v) is 8.80. The molecule has 2 fully saturated rings. The molecule has 0 unspecified atom stereocenters. The predicted octanol–water partition coefficient (Wildman–Crippen LogP) is 6.27. The second-order valence-corrected chi connectivity index (χ2v) is 15.6. The van der Waals surface area contributed by atoms with Crippen molar-refractivity contribution >= 4 is 29.8 Å². The summed E-state index contributed by atoms with van der Waals surface area (Å²) in [5, 5.41) is 11.7. The Morgan fingerprint density at radius 3 is 1.80 bits per heavy atom. The number of esters is 5. The minimum Gasteiger partial charge on any atom is -0.462 e. The van der Waals surface area contributed by atoms with Crippen LogP contribution in [-0.4, -0.2) is 71.6 Å². The first-order valence-electron chi connectivity index (χ1n) is 18.7. The van der Waals surface area contributed by atoms with Gasteiger partial charge in [0.15, 0.2) is 6.10 Å². The Morgan fingerprint density at radius 1 is 0.800 bits per heavy atom. The smallest absolute Gasteiger partial charge is 0.309 e. The molecule has 11 nitrogen and oxygen atoms in total. The van der Waals surface area contributed by atoms with Gasteiger partial charge in [0, 0.05) is 42.9 Å². The van der Waals surface area contributed by atoms with Gasteiger partial charge in [-0.05, 0) is 62.4 Å². The summed E-state index contributed by atoms with van der Waals surface area (Å²) in [4.78, 5) is 66.3. The van der Waals surface area contributed by atoms with E-state index in [1.165, 1.54) is 6.92 Å². The van der Waals surface area contributed by atoms with Crippen molar-refractivity contribution in [3.8, 4) is 0 Å². The van der Waals surface area contributed by atoms with Crippen LogP contribution in [0.2, 0.25) is 0 Å². The van der Waals surface area contributed by atoms with E-state index >= 15 is 0 Å². The van der Waals surface area contributed by atoms with Gasteiger partial charge < -0.3 is 28.8 Å². The molecule has 2 saturated carbocycles. The lowest BCUT2D eigenvalue weighted by Crippen LogP contribution is -2.63. The maximum absolute atomic E-state index is 13.6. The van der Waals surface area contributed by atoms with Crippen LogP contribution < -0.4 is 0 Å². The molecule has 0 aromatic heterocycles. The summed E-state index contributed by atoms with van der Waals surface area (Å²) in [6.07, 6.45) is -1.75. The average molecular weight is 707 g/mol. The summed E-state index contributed by atoms with van der Waals surface area (Å²) in [5.74, 6) is -4.34. The van der Waals surface area contributed by atoms with Gasteiger partial charge in [0.25, 0.3) is 0 Å². The van der Waals surface area contributed by atoms with Crippen LogP contribution in [0.3, 0.4) is 0 Å². The number of ether oxygens (including phenoxy) is 5. The number of hydrogen-bond acceptors (Lipinski definition) is 11. The van der Waals surface area contributed by atoms with Crippen molar-refractivity contribution in [1.29, 1.82) is 0 Å². The number of aliphatic hydroxyl groups excluding tert-OH is 1. The first kappa shape index (κ1) is 41.5. The van der Waals surface area contributed by atoms with E-state index in [-0.39, 0.29) is 31.6 Å². The molecule has 0 radical (unpaired) electrons. The second-order valence-electron chi connectivity index (χ2n) is 15.6. The van der Waals surface area contributed by atoms with E-state index in [1.807, 2.05) is 61.5 Å². The van der Waals surface area contributed by atoms with Crippen LogP contribution in [0.15, 0.2) is 11.6 Å². The SMILES string of the molecule is CCCC(=O)O[C@@H]1[C@@H](OC(C)=O)[C@@H](O)C(C)=C[C@H]2[C@@H]3[C@@H](C(C)C)[C@@H](OC(=O)[C@H](C)CC)[C@H](OC(=O)CCC)[C@@]3(C)[C@@H](OC(=O)CCC)C[C@@]12C. The molecule has 0 bridgehead atoms. The summed E-state index contributed by atoms with van der Waals surface area (Å²) in [7, 11) is 0. The molecule has 0 aliphatic heterocycles. The number of hydrogen-bond donors (Lipinski definition) is 1. The maximum atomic E-state index is 13.6. The Bertz CT molecular complexity index is 1270. The van der Waals surface area contributed by atoms with E-state index in [0.29, 0.717) is 31.3 Å². The maximum Gasteiger partial charge on any atom is 0.309 e. The number of carbonyl (C=O) groups is 5. The minimum absolute atomic E-state index is 0.111. The topological polar surface area (TPSA) is 152 Å². The van der Waals surface area contributed by atoms with Crippen LogP contribution in [-0.2, 0) is 47.7 Å². The molecule has 284 valence electrons. The number of fused-ring (bicyclic) bond motifs is 3. The van der Waals surface area contributed by atoms with Crippen molar-refractivity contribution in [3.05, 3.63) is 11.6 Å². The molecule has 0 aromatic carbocycles. The molecular weight excluding hydrogens is 644 g/mol. The number of rotatable bonds is 14. The summed E-state index contributed by atoms with van der Waals surface area (Å²) < 4.78 is 31.2. The van der Waals surface area contributed by atoms with E-state index < -0.39 is 101 Å². The fraction of sp³-hybridized carbons (Fsp3) is 0.821. The standard InChI is InChI=1S/C39H62O11/c1-12-16-27(41)47-26-20-38(10)25(19-23(8)32(44)34(46-24(9)40)35(38)48-28(42)17-13-2)31-30(21(5)6)33(50-37(45)22(7)15-4)36(39(26,31)11)49-29(43)18-14-3/h19,21-22,25-26,30-36,44H,12-18,20H2,1-11H3/t22-,25+,26+,30-,31-,32+,33-,34+,35-,36+,38-,39+/m1/s1. The van der Waals surface area contributed by atoms with Gasteiger partial charge in [0.05, 0.1) is 5.92 Å². The van der Waals surface area contributed by atoms with Crippen LogP contribution in [0, 0.1) is 40.4 Å². The highest BCUT2D eigenvalue weighted by Crippen LogP contribution is 2.67. The van der Waals surface area contributed by atoms with Crippen molar-refractivity contribution in [2.75, 3.05) is 0 Å². The average Bonchev–Trinajstić information content (AvgIpc) is 3.24. The molecule has 3 rings (SSSR count). The molecule has 50 heavy (non-hydrogen) atoms. The first-order valence-corrected chi connectivity index (χ1v) is 18.7. The number of allylic oxidation sites excluding steroid dienone is 1. The minimum atomic E-state index is -1.30. The molecular formula is C39H62O11. The lowest BCUT2D eigenvalue weighted by Gasteiger charge is -2.58. The van der Waals surface area contributed by atoms with Crippen LogP contribution in [0.4, 0.5) is 0 Å². The van der Waals surface area contributed by atoms with Gasteiger partial charge in [-0.3, -0.25) is 24.0 Å². The summed E-state index contributed by atoms with van der Waals surface area (Å²) >= 11 is 0. The van der Waals surface area contributed by atoms with Gasteiger partial charge in [-0.15, -0.1) is 0 Å². The van der Waals surface area contributed by atoms with Crippen LogP contribution in [0.1, 0.15) is 128 Å². The van der Waals surface area contributed by atoms with Crippen LogP contribution >= 0.6 is 0 Å². The van der Waals surface area contributed by atoms with Gasteiger partial charge in [0.1, 0.15) is 30.5 Å². The number of aliphatic hydroxyl groups is 1. The van der Waals surface area contributed by atoms with Gasteiger partial charge in [-0.1, -0.05) is 68.4 Å². The van der Waals surface area contributed by atoms with E-state index in [0.717, 1.165) is 0 Å². The number of carbonyl (C=O) groups excluding carboxylic acids is 5. The largest absolute Gasteiger partial charge is 0.462 e. The fourth-order valence-electron chi connectivity index (χ4n) is 8.80. The Hall–Kier alpha value is -2.95. The Labute approximate surface area is 298 Å². The van der Waals surface area contributed by atoms with E-state index in [4.69, 9.17) is 23.7 Å². The molecule has 0 aromatic rings. The quantitative estimate of drug-likeness (QED) is 0.124. The van der Waals surface area contributed by atoms with Gasteiger partial charge >= 0.3 is 29.8 Å². The van der Waals surface area contributed by atoms with E-state index in [9.17, 15) is 29.1 Å². The van der Waals surface area contributed by atoms with Gasteiger partial charge in [0.2, 0.25) is 0 Å². The summed E-state index contributed by atoms with van der Waals surface area (Å²) in [6, 6.07) is 0. The third-order valence-electron chi connectivity index (χ3n) is 11.6. The van der Waals surface area contributed by atoms with Crippen molar-refractivity contribution < 1.29 is 52.8 Å². The van der Waals surface area contributed by atoms with Crippen molar-refractivity contribution in [2.45, 2.75) is 164 Å². The van der Waals surface area contributed by atoms with Crippen molar-refractivity contribution in [3.63, 3.8) is 0 Å². The third kappa shape index (κ3) is 8.23. The summed E-state index contributed by atoms with van der Waals surface area (Å²) in [5.41, 5.74) is -1.62. The highest BCUT2D eigenvalue weighted by molar-refractivity contribution is 5.73. The van der Waals surface area contributed by atoms with E-state index in [2.05, 4.69) is 0 Å². The molecule has 3 aliphatic rings. The molecule has 0 amide bonds. The van der Waals surface area contributed by atoms with E-state index in [1.54, 1.807) is 13.8 Å².